The molecular formula is C10H14N2O2. The molecule has 76 valence electrons. The van der Waals surface area contributed by atoms with Crippen molar-refractivity contribution in [2.24, 2.45) is 0 Å². The fourth-order valence-corrected chi connectivity index (χ4v) is 1.16. The van der Waals surface area contributed by atoms with Gasteiger partial charge in [-0.15, -0.1) is 0 Å². The second-order valence-electron chi connectivity index (χ2n) is 3.28. The Morgan fingerprint density at radius 2 is 2.07 bits per heavy atom. The number of benzene rings is 1. The molecule has 14 heavy (non-hydrogen) atoms. The van der Waals surface area contributed by atoms with E-state index in [1.54, 1.807) is 23.1 Å². The Morgan fingerprint density at radius 3 is 2.57 bits per heavy atom. The van der Waals surface area contributed by atoms with Crippen LogP contribution in [-0.2, 0) is 4.79 Å². The van der Waals surface area contributed by atoms with Gasteiger partial charge in [0.15, 0.2) is 0 Å². The molecular weight excluding hydrogens is 180 g/mol. The van der Waals surface area contributed by atoms with Crippen molar-refractivity contribution in [1.82, 2.24) is 0 Å². The van der Waals surface area contributed by atoms with Gasteiger partial charge in [-0.25, -0.2) is 0 Å². The molecule has 2 N–H and O–H groups in total. The van der Waals surface area contributed by atoms with Gasteiger partial charge in [-0.05, 0) is 18.2 Å². The van der Waals surface area contributed by atoms with E-state index in [-0.39, 0.29) is 11.7 Å². The summed E-state index contributed by atoms with van der Waals surface area (Å²) in [7, 11) is 3.65. The molecule has 0 aromatic heterocycles. The van der Waals surface area contributed by atoms with Crippen LogP contribution in [-0.4, -0.2) is 25.1 Å². The monoisotopic (exact) mass is 194 g/mol. The fraction of sp³-hybridized carbons (Fsp3) is 0.300. The summed E-state index contributed by atoms with van der Waals surface area (Å²) in [4.78, 5) is 12.6. The van der Waals surface area contributed by atoms with Crippen LogP contribution in [0, 0.1) is 0 Å². The van der Waals surface area contributed by atoms with Crippen molar-refractivity contribution in [2.45, 2.75) is 6.92 Å². The van der Waals surface area contributed by atoms with Crippen LogP contribution in [0.3, 0.4) is 0 Å². The number of phenolic OH excluding ortho intramolecular Hbond substituents is 1. The van der Waals surface area contributed by atoms with E-state index < -0.39 is 0 Å². The first-order valence-corrected chi connectivity index (χ1v) is 4.28. The van der Waals surface area contributed by atoms with Crippen LogP contribution in [0.25, 0.3) is 0 Å². The third-order valence-electron chi connectivity index (χ3n) is 1.78. The Balaban J connectivity index is 3.00. The zero-order valence-corrected chi connectivity index (χ0v) is 8.53. The van der Waals surface area contributed by atoms with E-state index in [9.17, 15) is 9.90 Å². The summed E-state index contributed by atoms with van der Waals surface area (Å²) >= 11 is 0. The van der Waals surface area contributed by atoms with Crippen LogP contribution in [0.1, 0.15) is 6.92 Å². The number of hydrogen-bond donors (Lipinski definition) is 2. The topological polar surface area (TPSA) is 52.6 Å². The molecule has 0 spiro atoms. The molecule has 0 heterocycles. The average molecular weight is 194 g/mol. The summed E-state index contributed by atoms with van der Waals surface area (Å²) in [5.41, 5.74) is 1.36. The third kappa shape index (κ3) is 2.39. The first-order valence-electron chi connectivity index (χ1n) is 4.28. The minimum absolute atomic E-state index is 0.125. The predicted molar refractivity (Wildman–Crippen MR) is 56.7 cm³/mol. The molecule has 0 saturated heterocycles. The van der Waals surface area contributed by atoms with Crippen LogP contribution in [0.5, 0.6) is 5.75 Å². The fourth-order valence-electron chi connectivity index (χ4n) is 1.16. The maximum absolute atomic E-state index is 10.8. The highest BCUT2D eigenvalue weighted by Crippen LogP contribution is 2.28. The molecule has 0 aliphatic rings. The van der Waals surface area contributed by atoms with Gasteiger partial charge in [0.25, 0.3) is 0 Å². The van der Waals surface area contributed by atoms with Gasteiger partial charge < -0.3 is 15.3 Å². The van der Waals surface area contributed by atoms with Crippen molar-refractivity contribution in [2.75, 3.05) is 24.3 Å². The maximum atomic E-state index is 10.8. The van der Waals surface area contributed by atoms with Crippen LogP contribution in [0.4, 0.5) is 11.4 Å². The second-order valence-corrected chi connectivity index (χ2v) is 3.28. The standard InChI is InChI=1S/C10H14N2O2/c1-7(13)11-8-4-5-10(14)9(6-8)12(2)3/h4-6,14H,1-3H3,(H,11,13). The van der Waals surface area contributed by atoms with Gasteiger partial charge in [-0.3, -0.25) is 4.79 Å². The molecule has 1 amide bonds. The number of carbonyl (C=O) groups excluding carboxylic acids is 1. The Morgan fingerprint density at radius 1 is 1.43 bits per heavy atom. The maximum Gasteiger partial charge on any atom is 0.221 e. The van der Waals surface area contributed by atoms with Crippen LogP contribution >= 0.6 is 0 Å². The number of phenols is 1. The molecule has 1 rings (SSSR count). The summed E-state index contributed by atoms with van der Waals surface area (Å²) in [5.74, 6) is 0.0736. The van der Waals surface area contributed by atoms with E-state index in [0.717, 1.165) is 0 Å². The SMILES string of the molecule is CC(=O)Nc1ccc(O)c(N(C)C)c1. The number of hydrogen-bond acceptors (Lipinski definition) is 3. The molecule has 1 aromatic carbocycles. The summed E-state index contributed by atoms with van der Waals surface area (Å²) in [6, 6.07) is 4.93. The first-order chi connectivity index (χ1) is 6.50. The number of anilines is 2. The van der Waals surface area contributed by atoms with E-state index in [4.69, 9.17) is 0 Å². The van der Waals surface area contributed by atoms with E-state index >= 15 is 0 Å². The Kier molecular flexibility index (Phi) is 2.96. The van der Waals surface area contributed by atoms with E-state index in [1.165, 1.54) is 6.92 Å². The van der Waals surface area contributed by atoms with E-state index in [0.29, 0.717) is 11.4 Å². The lowest BCUT2D eigenvalue weighted by atomic mass is 10.2. The Bertz CT molecular complexity index is 348. The average Bonchev–Trinajstić information content (AvgIpc) is 2.07. The summed E-state index contributed by atoms with van der Waals surface area (Å²) in [6.45, 7) is 1.45. The van der Waals surface area contributed by atoms with Crippen molar-refractivity contribution in [1.29, 1.82) is 0 Å². The highest BCUT2D eigenvalue weighted by molar-refractivity contribution is 5.89. The van der Waals surface area contributed by atoms with Crippen molar-refractivity contribution < 1.29 is 9.90 Å². The second kappa shape index (κ2) is 4.00. The number of rotatable bonds is 2. The van der Waals surface area contributed by atoms with Gasteiger partial charge in [-0.1, -0.05) is 0 Å². The first kappa shape index (κ1) is 10.4. The molecule has 0 bridgehead atoms. The highest BCUT2D eigenvalue weighted by Gasteiger charge is 2.04. The smallest absolute Gasteiger partial charge is 0.221 e. The van der Waals surface area contributed by atoms with Crippen LogP contribution in [0.2, 0.25) is 0 Å². The molecule has 0 atom stereocenters. The van der Waals surface area contributed by atoms with Gasteiger partial charge >= 0.3 is 0 Å². The molecule has 1 aromatic rings. The summed E-state index contributed by atoms with van der Waals surface area (Å²) in [6.07, 6.45) is 0. The predicted octanol–water partition coefficient (Wildman–Crippen LogP) is 1.42. The van der Waals surface area contributed by atoms with E-state index in [1.807, 2.05) is 14.1 Å². The van der Waals surface area contributed by atoms with Gasteiger partial charge in [0.2, 0.25) is 5.91 Å². The third-order valence-corrected chi connectivity index (χ3v) is 1.78. The number of nitrogens with one attached hydrogen (secondary N) is 1. The Labute approximate surface area is 83.2 Å². The van der Waals surface area contributed by atoms with E-state index in [2.05, 4.69) is 5.32 Å². The normalized spacial score (nSPS) is 9.64. The molecule has 4 nitrogen and oxygen atoms in total. The molecule has 0 radical (unpaired) electrons. The van der Waals surface area contributed by atoms with Gasteiger partial charge in [0, 0.05) is 26.7 Å². The van der Waals surface area contributed by atoms with Crippen molar-refractivity contribution in [3.05, 3.63) is 18.2 Å². The zero-order valence-electron chi connectivity index (χ0n) is 8.53. The van der Waals surface area contributed by atoms with Crippen molar-refractivity contribution >= 4 is 17.3 Å². The zero-order chi connectivity index (χ0) is 10.7. The van der Waals surface area contributed by atoms with Gasteiger partial charge in [0.05, 0.1) is 5.69 Å². The lowest BCUT2D eigenvalue weighted by Gasteiger charge is -2.15. The van der Waals surface area contributed by atoms with Crippen molar-refractivity contribution in [3.63, 3.8) is 0 Å². The lowest BCUT2D eigenvalue weighted by molar-refractivity contribution is -0.114. The summed E-state index contributed by atoms with van der Waals surface area (Å²) in [5, 5.41) is 12.1. The number of aromatic hydroxyl groups is 1. The molecule has 0 saturated carbocycles. The molecule has 0 unspecified atom stereocenters. The van der Waals surface area contributed by atoms with Gasteiger partial charge in [-0.2, -0.15) is 0 Å². The van der Waals surface area contributed by atoms with Crippen LogP contribution in [0.15, 0.2) is 18.2 Å². The molecule has 0 aliphatic carbocycles. The summed E-state index contributed by atoms with van der Waals surface area (Å²) < 4.78 is 0. The Hall–Kier alpha value is -1.71. The number of nitrogens with zero attached hydrogens (tertiary/aromatic N) is 1. The molecule has 0 fully saturated rings. The lowest BCUT2D eigenvalue weighted by Crippen LogP contribution is -2.10. The number of amides is 1. The minimum Gasteiger partial charge on any atom is -0.506 e. The molecule has 0 aliphatic heterocycles. The quantitative estimate of drug-likeness (QED) is 0.700. The largest absolute Gasteiger partial charge is 0.506 e. The van der Waals surface area contributed by atoms with Crippen molar-refractivity contribution in [3.8, 4) is 5.75 Å². The van der Waals surface area contributed by atoms with Gasteiger partial charge in [0.1, 0.15) is 5.75 Å². The molecule has 4 heteroatoms. The number of carbonyl (C=O) groups is 1. The highest BCUT2D eigenvalue weighted by atomic mass is 16.3. The van der Waals surface area contributed by atoms with Crippen LogP contribution < -0.4 is 10.2 Å². The minimum atomic E-state index is -0.125.